The average Bonchev–Trinajstić information content (AvgIpc) is 3.34. The van der Waals surface area contributed by atoms with Crippen LogP contribution in [0.2, 0.25) is 0 Å². The summed E-state index contributed by atoms with van der Waals surface area (Å²) in [6, 6.07) is 0.582. The van der Waals surface area contributed by atoms with E-state index < -0.39 is 21.4 Å². The molecule has 0 aromatic heterocycles. The van der Waals surface area contributed by atoms with Gasteiger partial charge in [0.05, 0.1) is 6.17 Å². The molecule has 1 saturated carbocycles. The third-order valence-corrected chi connectivity index (χ3v) is 9.65. The summed E-state index contributed by atoms with van der Waals surface area (Å²) in [5.41, 5.74) is 6.68. The molecule has 0 amide bonds. The number of hydrogen-bond donors (Lipinski definition) is 4. The molecule has 0 radical (unpaired) electrons. The highest BCUT2D eigenvalue weighted by Crippen LogP contribution is 2.31. The largest absolute Gasteiger partial charge is 0.301 e. The minimum Gasteiger partial charge on any atom is -0.301 e. The maximum absolute atomic E-state index is 13.2. The SMILES string of the molecule is CN1NCC2CCCC(NS(=O)(=O)C3CNN(C4CC(N5CC(F)C5)CCN4)C3)C21. The van der Waals surface area contributed by atoms with Crippen molar-refractivity contribution in [1.82, 2.24) is 35.8 Å². The van der Waals surface area contributed by atoms with Crippen LogP contribution < -0.4 is 20.9 Å². The fraction of sp³-hybridized carbons (Fsp3) is 1.00. The molecule has 6 atom stereocenters. The summed E-state index contributed by atoms with van der Waals surface area (Å²) in [5, 5.41) is 7.20. The van der Waals surface area contributed by atoms with Gasteiger partial charge in [0, 0.05) is 57.9 Å². The van der Waals surface area contributed by atoms with Gasteiger partial charge in [0.15, 0.2) is 0 Å². The molecule has 0 aromatic carbocycles. The molecule has 4 N–H and O–H groups in total. The number of likely N-dealkylation sites (tertiary alicyclic amines) is 1. The van der Waals surface area contributed by atoms with Crippen LogP contribution in [0.15, 0.2) is 0 Å². The van der Waals surface area contributed by atoms with Gasteiger partial charge in [0.25, 0.3) is 0 Å². The van der Waals surface area contributed by atoms with Crippen molar-refractivity contribution in [3.63, 3.8) is 0 Å². The Hall–Kier alpha value is -0.400. The number of halogens is 1. The van der Waals surface area contributed by atoms with E-state index in [1.165, 1.54) is 0 Å². The first-order valence-electron chi connectivity index (χ1n) is 11.5. The summed E-state index contributed by atoms with van der Waals surface area (Å²) in [7, 11) is -1.40. The average molecular weight is 446 g/mol. The van der Waals surface area contributed by atoms with E-state index in [4.69, 9.17) is 0 Å². The second-order valence-electron chi connectivity index (χ2n) is 9.76. The van der Waals surface area contributed by atoms with Crippen molar-refractivity contribution in [3.8, 4) is 0 Å². The lowest BCUT2D eigenvalue weighted by Crippen LogP contribution is -2.61. The Morgan fingerprint density at radius 3 is 2.70 bits per heavy atom. The predicted octanol–water partition coefficient (Wildman–Crippen LogP) is -1.19. The number of sulfonamides is 1. The Labute approximate surface area is 179 Å². The van der Waals surface area contributed by atoms with E-state index >= 15 is 0 Å². The Morgan fingerprint density at radius 2 is 1.90 bits per heavy atom. The molecule has 4 saturated heterocycles. The lowest BCUT2D eigenvalue weighted by Gasteiger charge is -2.45. The van der Waals surface area contributed by atoms with Crippen molar-refractivity contribution in [3.05, 3.63) is 0 Å². The minimum atomic E-state index is -3.42. The normalized spacial score (nSPS) is 42.3. The lowest BCUT2D eigenvalue weighted by molar-refractivity contribution is -0.00968. The van der Waals surface area contributed by atoms with Crippen molar-refractivity contribution >= 4 is 10.0 Å². The molecule has 0 aromatic rings. The molecule has 172 valence electrons. The zero-order valence-corrected chi connectivity index (χ0v) is 18.6. The van der Waals surface area contributed by atoms with Gasteiger partial charge < -0.3 is 5.32 Å². The van der Waals surface area contributed by atoms with Crippen LogP contribution in [0, 0.1) is 5.92 Å². The van der Waals surface area contributed by atoms with Crippen LogP contribution in [0.3, 0.4) is 0 Å². The first-order valence-corrected chi connectivity index (χ1v) is 13.0. The van der Waals surface area contributed by atoms with Crippen molar-refractivity contribution in [1.29, 1.82) is 0 Å². The van der Waals surface area contributed by atoms with Gasteiger partial charge in [-0.3, -0.25) is 15.8 Å². The molecule has 4 aliphatic heterocycles. The smallest absolute Gasteiger partial charge is 0.217 e. The van der Waals surface area contributed by atoms with E-state index in [1.54, 1.807) is 0 Å². The number of piperidine rings is 1. The third-order valence-electron chi connectivity index (χ3n) is 7.82. The molecule has 1 aliphatic carbocycles. The van der Waals surface area contributed by atoms with Crippen LogP contribution in [0.25, 0.3) is 0 Å². The molecule has 0 spiro atoms. The van der Waals surface area contributed by atoms with Crippen LogP contribution in [0.5, 0.6) is 0 Å². The monoisotopic (exact) mass is 445 g/mol. The third kappa shape index (κ3) is 4.15. The number of fused-ring (bicyclic) bond motifs is 1. The van der Waals surface area contributed by atoms with E-state index in [-0.39, 0.29) is 18.2 Å². The van der Waals surface area contributed by atoms with E-state index in [2.05, 4.69) is 35.8 Å². The van der Waals surface area contributed by atoms with Crippen LogP contribution in [-0.4, -0.2) is 105 Å². The maximum atomic E-state index is 13.2. The molecular formula is C19H36FN7O2S. The number of rotatable bonds is 5. The summed E-state index contributed by atoms with van der Waals surface area (Å²) in [4.78, 5) is 2.22. The van der Waals surface area contributed by atoms with Crippen LogP contribution in [-0.2, 0) is 10.0 Å². The molecule has 6 unspecified atom stereocenters. The standard InChI is InChI=1S/C19H36FN7O2S/c1-25-19-13(8-22-25)3-2-4-17(19)24-30(28,29)16-9-23-27(12-16)18-7-15(5-6-21-18)26-10-14(20)11-26/h13-19,21-24H,2-12H2,1H3. The highest BCUT2D eigenvalue weighted by atomic mass is 32.2. The number of hydrogen-bond acceptors (Lipinski definition) is 8. The second kappa shape index (κ2) is 8.51. The van der Waals surface area contributed by atoms with Gasteiger partial charge in [-0.2, -0.15) is 0 Å². The molecule has 30 heavy (non-hydrogen) atoms. The van der Waals surface area contributed by atoms with Crippen LogP contribution >= 0.6 is 0 Å². The lowest BCUT2D eigenvalue weighted by atomic mass is 9.82. The summed E-state index contributed by atoms with van der Waals surface area (Å²) in [5.74, 6) is 0.517. The van der Waals surface area contributed by atoms with E-state index in [0.29, 0.717) is 38.1 Å². The van der Waals surface area contributed by atoms with Crippen LogP contribution in [0.4, 0.5) is 4.39 Å². The van der Waals surface area contributed by atoms with Gasteiger partial charge in [-0.15, -0.1) is 0 Å². The number of likely N-dealkylation sites (N-methyl/N-ethyl adjacent to an activating group) is 1. The van der Waals surface area contributed by atoms with Gasteiger partial charge in [0.1, 0.15) is 11.4 Å². The van der Waals surface area contributed by atoms with Crippen molar-refractivity contribution in [2.45, 2.75) is 67.8 Å². The van der Waals surface area contributed by atoms with E-state index in [0.717, 1.165) is 45.2 Å². The molecule has 5 aliphatic rings. The van der Waals surface area contributed by atoms with E-state index in [1.807, 2.05) is 7.05 Å². The highest BCUT2D eigenvalue weighted by Gasteiger charge is 2.45. The Balaban J connectivity index is 1.18. The Kier molecular flexibility index (Phi) is 6.08. The topological polar surface area (TPSA) is 92.0 Å². The van der Waals surface area contributed by atoms with Crippen molar-refractivity contribution < 1.29 is 12.8 Å². The van der Waals surface area contributed by atoms with Gasteiger partial charge in [-0.25, -0.2) is 27.5 Å². The fourth-order valence-electron chi connectivity index (χ4n) is 6.09. The molecular weight excluding hydrogens is 409 g/mol. The predicted molar refractivity (Wildman–Crippen MR) is 113 cm³/mol. The van der Waals surface area contributed by atoms with Crippen molar-refractivity contribution in [2.24, 2.45) is 5.92 Å². The Morgan fingerprint density at radius 1 is 1.07 bits per heavy atom. The van der Waals surface area contributed by atoms with Crippen molar-refractivity contribution in [2.75, 3.05) is 46.3 Å². The second-order valence-corrected chi connectivity index (χ2v) is 11.8. The molecule has 0 bridgehead atoms. The number of hydrazine groups is 2. The molecule has 5 rings (SSSR count). The van der Waals surface area contributed by atoms with Gasteiger partial charge in [0.2, 0.25) is 10.0 Å². The van der Waals surface area contributed by atoms with Gasteiger partial charge >= 0.3 is 0 Å². The first-order chi connectivity index (χ1) is 14.4. The first kappa shape index (κ1) is 21.4. The number of nitrogens with one attached hydrogen (secondary N) is 4. The summed E-state index contributed by atoms with van der Waals surface area (Å²) >= 11 is 0. The van der Waals surface area contributed by atoms with Gasteiger partial charge in [-0.1, -0.05) is 6.42 Å². The van der Waals surface area contributed by atoms with Gasteiger partial charge in [-0.05, 0) is 38.1 Å². The van der Waals surface area contributed by atoms with Crippen LogP contribution in [0.1, 0.15) is 32.1 Å². The fourth-order valence-corrected chi connectivity index (χ4v) is 7.61. The highest BCUT2D eigenvalue weighted by molar-refractivity contribution is 7.90. The van der Waals surface area contributed by atoms with E-state index in [9.17, 15) is 12.8 Å². The zero-order chi connectivity index (χ0) is 20.9. The molecule has 4 heterocycles. The minimum absolute atomic E-state index is 0.0277. The quantitative estimate of drug-likeness (QED) is 0.420. The number of nitrogens with zero attached hydrogens (tertiary/aromatic N) is 3. The summed E-state index contributed by atoms with van der Waals surface area (Å²) in [6.45, 7) is 3.80. The zero-order valence-electron chi connectivity index (χ0n) is 17.8. The Bertz CT molecular complexity index is 720. The number of alkyl halides is 1. The molecule has 11 heteroatoms. The molecule has 9 nitrogen and oxygen atoms in total. The molecule has 5 fully saturated rings. The summed E-state index contributed by atoms with van der Waals surface area (Å²) < 4.78 is 42.7. The summed E-state index contributed by atoms with van der Waals surface area (Å²) in [6.07, 6.45) is 4.45. The maximum Gasteiger partial charge on any atom is 0.217 e.